The van der Waals surface area contributed by atoms with Gasteiger partial charge in [0.25, 0.3) is 0 Å². The van der Waals surface area contributed by atoms with Crippen LogP contribution in [-0.4, -0.2) is 11.9 Å². The van der Waals surface area contributed by atoms with Gasteiger partial charge in [0.1, 0.15) is 5.82 Å². The lowest BCUT2D eigenvalue weighted by molar-refractivity contribution is 0.1000. The van der Waals surface area contributed by atoms with Gasteiger partial charge in [-0.1, -0.05) is 6.07 Å². The Kier molecular flexibility index (Phi) is 3.27. The van der Waals surface area contributed by atoms with E-state index in [1.54, 1.807) is 12.1 Å². The number of carbonyl (C=O) groups excluding carboxylic acids is 1. The molecule has 0 radical (unpaired) electrons. The van der Waals surface area contributed by atoms with Crippen molar-refractivity contribution in [1.29, 1.82) is 0 Å². The third-order valence-corrected chi connectivity index (χ3v) is 4.13. The van der Waals surface area contributed by atoms with E-state index in [1.165, 1.54) is 31.7 Å². The molecule has 0 saturated heterocycles. The van der Waals surface area contributed by atoms with Gasteiger partial charge >= 0.3 is 0 Å². The third-order valence-electron chi connectivity index (χ3n) is 4.13. The summed E-state index contributed by atoms with van der Waals surface area (Å²) in [6, 6.07) is 5.02. The topological polar surface area (TPSA) is 55.1 Å². The minimum absolute atomic E-state index is 0.224. The maximum atomic E-state index is 13.8. The van der Waals surface area contributed by atoms with Crippen LogP contribution in [0, 0.1) is 17.7 Å². The van der Waals surface area contributed by atoms with Crippen LogP contribution in [0.5, 0.6) is 0 Å². The minimum atomic E-state index is -0.591. The molecule has 4 heteroatoms. The zero-order chi connectivity index (χ0) is 13.4. The molecule has 102 valence electrons. The van der Waals surface area contributed by atoms with Crippen molar-refractivity contribution < 1.29 is 9.18 Å². The normalized spacial score (nSPS) is 18.8. The lowest BCUT2D eigenvalue weighted by atomic mass is 10.1. The molecule has 3 nitrogen and oxygen atoms in total. The molecule has 2 aliphatic carbocycles. The van der Waals surface area contributed by atoms with E-state index in [0.717, 1.165) is 11.8 Å². The van der Waals surface area contributed by atoms with Crippen LogP contribution in [0.15, 0.2) is 18.2 Å². The molecule has 0 heterocycles. The van der Waals surface area contributed by atoms with Crippen molar-refractivity contribution in [2.45, 2.75) is 38.3 Å². The molecule has 3 rings (SSSR count). The summed E-state index contributed by atoms with van der Waals surface area (Å²) in [4.78, 5) is 11.0. The summed E-state index contributed by atoms with van der Waals surface area (Å²) in [6.45, 7) is 0.530. The first-order valence-corrected chi connectivity index (χ1v) is 6.97. The number of amides is 1. The Morgan fingerprint density at radius 2 is 1.95 bits per heavy atom. The summed E-state index contributed by atoms with van der Waals surface area (Å²) < 4.78 is 13.8. The molecule has 2 aliphatic rings. The summed E-state index contributed by atoms with van der Waals surface area (Å²) in [7, 11) is 0. The smallest absolute Gasteiger partial charge is 0.248 e. The quantitative estimate of drug-likeness (QED) is 0.825. The molecule has 2 fully saturated rings. The molecule has 19 heavy (non-hydrogen) atoms. The highest BCUT2D eigenvalue weighted by Crippen LogP contribution is 2.44. The van der Waals surface area contributed by atoms with Crippen LogP contribution in [0.2, 0.25) is 0 Å². The van der Waals surface area contributed by atoms with Crippen LogP contribution in [-0.2, 0) is 6.54 Å². The molecule has 1 amide bonds. The predicted octanol–water partition coefficient (Wildman–Crippen LogP) is 2.20. The van der Waals surface area contributed by atoms with Crippen molar-refractivity contribution >= 4 is 5.91 Å². The fourth-order valence-electron chi connectivity index (χ4n) is 2.70. The molecule has 0 spiro atoms. The Hall–Kier alpha value is -1.42. The highest BCUT2D eigenvalue weighted by molar-refractivity contribution is 5.92. The Labute approximate surface area is 112 Å². The number of hydrogen-bond acceptors (Lipinski definition) is 2. The maximum absolute atomic E-state index is 13.8. The van der Waals surface area contributed by atoms with Gasteiger partial charge in [0.05, 0.1) is 0 Å². The van der Waals surface area contributed by atoms with Crippen molar-refractivity contribution in [3.63, 3.8) is 0 Å². The average Bonchev–Trinajstić information content (AvgIpc) is 3.25. The zero-order valence-corrected chi connectivity index (χ0v) is 10.9. The van der Waals surface area contributed by atoms with Gasteiger partial charge in [-0.3, -0.25) is 4.79 Å². The summed E-state index contributed by atoms with van der Waals surface area (Å²) in [5.41, 5.74) is 5.96. The van der Waals surface area contributed by atoms with E-state index in [4.69, 9.17) is 5.73 Å². The standard InChI is InChI=1S/C15H19FN2O/c16-13-7-11(15(17)19)5-6-12(13)8-18-14(9-1-2-9)10-3-4-10/h5-7,9-10,14,18H,1-4,8H2,(H2,17,19). The van der Waals surface area contributed by atoms with Gasteiger partial charge in [-0.25, -0.2) is 4.39 Å². The second kappa shape index (κ2) is 4.93. The monoisotopic (exact) mass is 262 g/mol. The summed E-state index contributed by atoms with van der Waals surface area (Å²) in [5.74, 6) is 0.641. The van der Waals surface area contributed by atoms with Gasteiger partial charge < -0.3 is 11.1 Å². The third kappa shape index (κ3) is 2.95. The maximum Gasteiger partial charge on any atom is 0.248 e. The van der Waals surface area contributed by atoms with E-state index in [-0.39, 0.29) is 11.4 Å². The van der Waals surface area contributed by atoms with Gasteiger partial charge in [-0.05, 0) is 49.7 Å². The van der Waals surface area contributed by atoms with Crippen LogP contribution < -0.4 is 11.1 Å². The molecule has 1 aromatic carbocycles. The molecule has 0 aromatic heterocycles. The van der Waals surface area contributed by atoms with Crippen LogP contribution in [0.1, 0.15) is 41.6 Å². The fourth-order valence-corrected chi connectivity index (χ4v) is 2.70. The summed E-state index contributed by atoms with van der Waals surface area (Å²) in [5, 5.41) is 3.49. The Morgan fingerprint density at radius 1 is 1.32 bits per heavy atom. The second-order valence-corrected chi connectivity index (χ2v) is 5.75. The summed E-state index contributed by atoms with van der Waals surface area (Å²) >= 11 is 0. The predicted molar refractivity (Wildman–Crippen MR) is 71.0 cm³/mol. The van der Waals surface area contributed by atoms with E-state index >= 15 is 0 Å². The van der Waals surface area contributed by atoms with Crippen molar-refractivity contribution in [2.24, 2.45) is 17.6 Å². The highest BCUT2D eigenvalue weighted by atomic mass is 19.1. The number of rotatable bonds is 6. The fraction of sp³-hybridized carbons (Fsp3) is 0.533. The average molecular weight is 262 g/mol. The van der Waals surface area contributed by atoms with Crippen LogP contribution in [0.4, 0.5) is 4.39 Å². The number of nitrogens with one attached hydrogen (secondary N) is 1. The first kappa shape index (κ1) is 12.6. The zero-order valence-electron chi connectivity index (χ0n) is 10.9. The number of hydrogen-bond donors (Lipinski definition) is 2. The molecular weight excluding hydrogens is 243 g/mol. The molecule has 2 saturated carbocycles. The van der Waals surface area contributed by atoms with E-state index in [1.807, 2.05) is 0 Å². The molecule has 0 aliphatic heterocycles. The molecular formula is C15H19FN2O. The number of primary amides is 1. The highest BCUT2D eigenvalue weighted by Gasteiger charge is 2.40. The molecule has 0 unspecified atom stereocenters. The van der Waals surface area contributed by atoms with Crippen molar-refractivity contribution in [1.82, 2.24) is 5.32 Å². The van der Waals surface area contributed by atoms with E-state index < -0.39 is 5.91 Å². The largest absolute Gasteiger partial charge is 0.366 e. The van der Waals surface area contributed by atoms with Crippen LogP contribution >= 0.6 is 0 Å². The Morgan fingerprint density at radius 3 is 2.42 bits per heavy atom. The van der Waals surface area contributed by atoms with Gasteiger partial charge in [-0.2, -0.15) is 0 Å². The molecule has 0 bridgehead atoms. The SMILES string of the molecule is NC(=O)c1ccc(CNC(C2CC2)C2CC2)c(F)c1. The van der Waals surface area contributed by atoms with Crippen LogP contribution in [0.25, 0.3) is 0 Å². The van der Waals surface area contributed by atoms with E-state index in [2.05, 4.69) is 5.32 Å². The first-order chi connectivity index (χ1) is 9.15. The van der Waals surface area contributed by atoms with Crippen LogP contribution in [0.3, 0.4) is 0 Å². The lowest BCUT2D eigenvalue weighted by Crippen LogP contribution is -2.32. The lowest BCUT2D eigenvalue weighted by Gasteiger charge is -2.18. The van der Waals surface area contributed by atoms with E-state index in [0.29, 0.717) is 18.2 Å². The number of carbonyl (C=O) groups is 1. The minimum Gasteiger partial charge on any atom is -0.366 e. The van der Waals surface area contributed by atoms with Crippen molar-refractivity contribution in [3.8, 4) is 0 Å². The Bertz CT molecular complexity index is 483. The second-order valence-electron chi connectivity index (χ2n) is 5.75. The molecule has 3 N–H and O–H groups in total. The number of halogens is 1. The first-order valence-electron chi connectivity index (χ1n) is 6.97. The van der Waals surface area contributed by atoms with Gasteiger partial charge in [-0.15, -0.1) is 0 Å². The van der Waals surface area contributed by atoms with Gasteiger partial charge in [0.15, 0.2) is 0 Å². The number of nitrogens with two attached hydrogens (primary N) is 1. The van der Waals surface area contributed by atoms with E-state index in [9.17, 15) is 9.18 Å². The van der Waals surface area contributed by atoms with Gasteiger partial charge in [0, 0.05) is 23.7 Å². The number of benzene rings is 1. The van der Waals surface area contributed by atoms with Crippen molar-refractivity contribution in [3.05, 3.63) is 35.1 Å². The molecule has 1 aromatic rings. The van der Waals surface area contributed by atoms with Crippen molar-refractivity contribution in [2.75, 3.05) is 0 Å². The summed E-state index contributed by atoms with van der Waals surface area (Å²) in [6.07, 6.45) is 5.21. The van der Waals surface area contributed by atoms with Gasteiger partial charge in [0.2, 0.25) is 5.91 Å². The Balaban J connectivity index is 1.64. The molecule has 0 atom stereocenters.